The number of Topliss-reactive ketones (excluding diaryl/α,β-unsaturated/α-hetero) is 1. The molecular weight excluding hydrogens is 242 g/mol. The summed E-state index contributed by atoms with van der Waals surface area (Å²) in [6, 6.07) is 3.67. The van der Waals surface area contributed by atoms with Crippen LogP contribution in [-0.4, -0.2) is 22.3 Å². The van der Waals surface area contributed by atoms with Gasteiger partial charge in [0.15, 0.2) is 5.78 Å². The fraction of sp³-hybridized carbons (Fsp3) is 0.357. The van der Waals surface area contributed by atoms with Crippen LogP contribution in [0.5, 0.6) is 0 Å². The zero-order valence-corrected chi connectivity index (χ0v) is 11.1. The van der Waals surface area contributed by atoms with Crippen LogP contribution in [0.4, 0.5) is 5.82 Å². The number of pyridine rings is 1. The van der Waals surface area contributed by atoms with E-state index in [1.54, 1.807) is 12.3 Å². The number of anilines is 1. The van der Waals surface area contributed by atoms with E-state index in [2.05, 4.69) is 22.2 Å². The van der Waals surface area contributed by atoms with Crippen LogP contribution >= 0.6 is 0 Å². The van der Waals surface area contributed by atoms with E-state index >= 15 is 0 Å². The summed E-state index contributed by atoms with van der Waals surface area (Å²) in [5.74, 6) is 1.12. The lowest BCUT2D eigenvalue weighted by atomic mass is 10.2. The number of hydrogen-bond donors (Lipinski definition) is 1. The number of rotatable bonds is 6. The van der Waals surface area contributed by atoms with Crippen molar-refractivity contribution < 1.29 is 9.21 Å². The van der Waals surface area contributed by atoms with E-state index in [1.165, 1.54) is 13.2 Å². The maximum Gasteiger partial charge on any atom is 0.226 e. The first-order chi connectivity index (χ1) is 9.20. The van der Waals surface area contributed by atoms with Crippen molar-refractivity contribution >= 4 is 11.6 Å². The highest BCUT2D eigenvalue weighted by atomic mass is 16.3. The molecule has 5 nitrogen and oxygen atoms in total. The van der Waals surface area contributed by atoms with Gasteiger partial charge in [0.05, 0.1) is 0 Å². The quantitative estimate of drug-likeness (QED) is 0.637. The first kappa shape index (κ1) is 13.3. The second-order valence-corrected chi connectivity index (χ2v) is 4.30. The van der Waals surface area contributed by atoms with Gasteiger partial charge < -0.3 is 9.73 Å². The molecule has 0 saturated heterocycles. The Hall–Kier alpha value is -2.17. The van der Waals surface area contributed by atoms with Gasteiger partial charge in [-0.15, -0.1) is 0 Å². The van der Waals surface area contributed by atoms with Crippen LogP contribution in [0.3, 0.4) is 0 Å². The Bertz CT molecular complexity index is 563. The van der Waals surface area contributed by atoms with Crippen LogP contribution in [0.1, 0.15) is 37.2 Å². The minimum Gasteiger partial charge on any atom is -0.444 e. The molecule has 100 valence electrons. The number of carbonyl (C=O) groups excluding carboxylic acids is 1. The number of carbonyl (C=O) groups is 1. The molecule has 0 fully saturated rings. The molecule has 0 unspecified atom stereocenters. The molecule has 2 aromatic rings. The molecule has 0 saturated carbocycles. The van der Waals surface area contributed by atoms with E-state index in [4.69, 9.17) is 4.42 Å². The summed E-state index contributed by atoms with van der Waals surface area (Å²) < 4.78 is 5.31. The Balaban J connectivity index is 2.15. The van der Waals surface area contributed by atoms with Crippen molar-refractivity contribution in [3.8, 4) is 11.5 Å². The zero-order chi connectivity index (χ0) is 13.7. The maximum atomic E-state index is 11.2. The molecule has 2 heterocycles. The standard InChI is InChI=1S/C14H17N3O2/c1-3-4-6-15-13-8-11(5-7-16-13)14-17-12(9-19-14)10(2)18/h5,7-9H,3-4,6H2,1-2H3,(H,15,16). The number of nitrogens with one attached hydrogen (secondary N) is 1. The van der Waals surface area contributed by atoms with Crippen LogP contribution in [0.2, 0.25) is 0 Å². The van der Waals surface area contributed by atoms with Gasteiger partial charge in [0.1, 0.15) is 17.8 Å². The molecule has 1 N–H and O–H groups in total. The molecule has 2 rings (SSSR count). The van der Waals surface area contributed by atoms with E-state index in [0.717, 1.165) is 30.8 Å². The second-order valence-electron chi connectivity index (χ2n) is 4.30. The highest BCUT2D eigenvalue weighted by Crippen LogP contribution is 2.20. The van der Waals surface area contributed by atoms with Crippen molar-refractivity contribution in [2.75, 3.05) is 11.9 Å². The molecule has 0 radical (unpaired) electrons. The average molecular weight is 259 g/mol. The zero-order valence-electron chi connectivity index (χ0n) is 11.1. The van der Waals surface area contributed by atoms with Gasteiger partial charge in [-0.3, -0.25) is 4.79 Å². The highest BCUT2D eigenvalue weighted by Gasteiger charge is 2.10. The number of nitrogens with zero attached hydrogens (tertiary/aromatic N) is 2. The second kappa shape index (κ2) is 6.13. The smallest absolute Gasteiger partial charge is 0.226 e. The van der Waals surface area contributed by atoms with Crippen molar-refractivity contribution in [1.82, 2.24) is 9.97 Å². The van der Waals surface area contributed by atoms with Gasteiger partial charge in [0, 0.05) is 25.2 Å². The van der Waals surface area contributed by atoms with Crippen LogP contribution < -0.4 is 5.32 Å². The summed E-state index contributed by atoms with van der Waals surface area (Å²) in [6.45, 7) is 4.49. The third-order valence-corrected chi connectivity index (χ3v) is 2.71. The Morgan fingerprint density at radius 1 is 1.47 bits per heavy atom. The lowest BCUT2D eigenvalue weighted by molar-refractivity contribution is 0.101. The summed E-state index contributed by atoms with van der Waals surface area (Å²) in [7, 11) is 0. The van der Waals surface area contributed by atoms with E-state index in [9.17, 15) is 4.79 Å². The number of oxazole rings is 1. The molecule has 0 amide bonds. The molecule has 0 bridgehead atoms. The number of hydrogen-bond acceptors (Lipinski definition) is 5. The lowest BCUT2D eigenvalue weighted by Gasteiger charge is -2.04. The minimum atomic E-state index is -0.106. The van der Waals surface area contributed by atoms with Crippen LogP contribution in [0.15, 0.2) is 29.0 Å². The molecule has 5 heteroatoms. The number of ketones is 1. The third kappa shape index (κ3) is 3.40. The van der Waals surface area contributed by atoms with Crippen molar-refractivity contribution in [3.05, 3.63) is 30.3 Å². The van der Waals surface area contributed by atoms with Crippen molar-refractivity contribution in [1.29, 1.82) is 0 Å². The number of aromatic nitrogens is 2. The average Bonchev–Trinajstić information content (AvgIpc) is 2.89. The van der Waals surface area contributed by atoms with Gasteiger partial charge in [-0.25, -0.2) is 9.97 Å². The Morgan fingerprint density at radius 3 is 3.00 bits per heavy atom. The molecule has 0 aliphatic carbocycles. The van der Waals surface area contributed by atoms with Crippen LogP contribution in [0, 0.1) is 0 Å². The molecule has 0 spiro atoms. The van der Waals surface area contributed by atoms with Gasteiger partial charge in [-0.1, -0.05) is 13.3 Å². The van der Waals surface area contributed by atoms with Gasteiger partial charge in [0.25, 0.3) is 0 Å². The highest BCUT2D eigenvalue weighted by molar-refractivity contribution is 5.92. The van der Waals surface area contributed by atoms with E-state index in [-0.39, 0.29) is 5.78 Å². The van der Waals surface area contributed by atoms with Gasteiger partial charge in [0.2, 0.25) is 5.89 Å². The summed E-state index contributed by atoms with van der Waals surface area (Å²) in [4.78, 5) is 19.6. The van der Waals surface area contributed by atoms with E-state index in [0.29, 0.717) is 11.6 Å². The fourth-order valence-electron chi connectivity index (χ4n) is 1.62. The molecule has 0 aliphatic heterocycles. The molecule has 0 aliphatic rings. The molecule has 19 heavy (non-hydrogen) atoms. The summed E-state index contributed by atoms with van der Waals surface area (Å²) in [5, 5.41) is 3.24. The van der Waals surface area contributed by atoms with Crippen molar-refractivity contribution in [3.63, 3.8) is 0 Å². The van der Waals surface area contributed by atoms with Gasteiger partial charge >= 0.3 is 0 Å². The maximum absolute atomic E-state index is 11.2. The van der Waals surface area contributed by atoms with Crippen LogP contribution in [-0.2, 0) is 0 Å². The first-order valence-electron chi connectivity index (χ1n) is 6.37. The van der Waals surface area contributed by atoms with E-state index in [1.807, 2.05) is 6.07 Å². The molecular formula is C14H17N3O2. The Kier molecular flexibility index (Phi) is 4.28. The molecule has 0 aromatic carbocycles. The first-order valence-corrected chi connectivity index (χ1v) is 6.37. The summed E-state index contributed by atoms with van der Waals surface area (Å²) >= 11 is 0. The van der Waals surface area contributed by atoms with Crippen molar-refractivity contribution in [2.24, 2.45) is 0 Å². The Labute approximate surface area is 112 Å². The molecule has 0 atom stereocenters. The monoisotopic (exact) mass is 259 g/mol. The van der Waals surface area contributed by atoms with Crippen molar-refractivity contribution in [2.45, 2.75) is 26.7 Å². The normalized spacial score (nSPS) is 10.4. The topological polar surface area (TPSA) is 68.0 Å². The van der Waals surface area contributed by atoms with E-state index < -0.39 is 0 Å². The predicted molar refractivity (Wildman–Crippen MR) is 73.1 cm³/mol. The summed E-state index contributed by atoms with van der Waals surface area (Å²) in [5.41, 5.74) is 1.15. The minimum absolute atomic E-state index is 0.106. The fourth-order valence-corrected chi connectivity index (χ4v) is 1.62. The SMILES string of the molecule is CCCCNc1cc(-c2nc(C(C)=O)co2)ccn1. The predicted octanol–water partition coefficient (Wildman–Crippen LogP) is 3.15. The van der Waals surface area contributed by atoms with Gasteiger partial charge in [-0.05, 0) is 18.6 Å². The lowest BCUT2D eigenvalue weighted by Crippen LogP contribution is -2.02. The van der Waals surface area contributed by atoms with Crippen LogP contribution in [0.25, 0.3) is 11.5 Å². The third-order valence-electron chi connectivity index (χ3n) is 2.71. The Morgan fingerprint density at radius 2 is 2.32 bits per heavy atom. The summed E-state index contributed by atoms with van der Waals surface area (Å²) in [6.07, 6.45) is 5.30. The van der Waals surface area contributed by atoms with Gasteiger partial charge in [-0.2, -0.15) is 0 Å². The number of unbranched alkanes of at least 4 members (excludes halogenated alkanes) is 1. The largest absolute Gasteiger partial charge is 0.444 e. The molecule has 2 aromatic heterocycles.